The molecule has 1 heterocycles. The second-order valence-corrected chi connectivity index (χ2v) is 7.27. The summed E-state index contributed by atoms with van der Waals surface area (Å²) in [5, 5.41) is 7.63. The predicted octanol–water partition coefficient (Wildman–Crippen LogP) is 4.26. The number of para-hydroxylation sites is 1. The molecule has 33 heavy (non-hydrogen) atoms. The van der Waals surface area contributed by atoms with E-state index in [4.69, 9.17) is 9.47 Å². The number of benzene rings is 3. The molecule has 0 atom stereocenters. The number of carbonyl (C=O) groups excluding carboxylic acids is 2. The fourth-order valence-electron chi connectivity index (χ4n) is 3.37. The molecule has 1 aromatic heterocycles. The van der Waals surface area contributed by atoms with Crippen LogP contribution in [0.3, 0.4) is 0 Å². The van der Waals surface area contributed by atoms with Crippen molar-refractivity contribution in [2.24, 2.45) is 0 Å². The lowest BCUT2D eigenvalue weighted by Gasteiger charge is -2.07. The van der Waals surface area contributed by atoms with Gasteiger partial charge in [0.2, 0.25) is 0 Å². The van der Waals surface area contributed by atoms with Crippen LogP contribution in [0.4, 0.5) is 0 Å². The summed E-state index contributed by atoms with van der Waals surface area (Å²) in [7, 11) is 2.95. The van der Waals surface area contributed by atoms with Crippen LogP contribution in [0.2, 0.25) is 0 Å². The number of rotatable bonds is 7. The molecule has 7 nitrogen and oxygen atoms in total. The quantitative estimate of drug-likeness (QED) is 0.433. The average molecular weight is 441 g/mol. The van der Waals surface area contributed by atoms with Crippen LogP contribution in [0.5, 0.6) is 5.75 Å². The Hall–Kier alpha value is -4.39. The number of hydrogen-bond acceptors (Lipinski definition) is 5. The van der Waals surface area contributed by atoms with Crippen molar-refractivity contribution >= 4 is 11.9 Å². The van der Waals surface area contributed by atoms with Gasteiger partial charge in [-0.3, -0.25) is 4.79 Å². The Morgan fingerprint density at radius 2 is 1.61 bits per heavy atom. The van der Waals surface area contributed by atoms with Crippen LogP contribution in [0.15, 0.2) is 85.1 Å². The van der Waals surface area contributed by atoms with Crippen molar-refractivity contribution in [2.45, 2.75) is 6.54 Å². The van der Waals surface area contributed by atoms with Gasteiger partial charge >= 0.3 is 5.97 Å². The minimum Gasteiger partial charge on any atom is -0.497 e. The van der Waals surface area contributed by atoms with Crippen LogP contribution in [0.1, 0.15) is 26.3 Å². The van der Waals surface area contributed by atoms with Gasteiger partial charge in [-0.1, -0.05) is 30.3 Å². The molecule has 0 saturated carbocycles. The maximum Gasteiger partial charge on any atom is 0.337 e. The molecule has 0 aliphatic rings. The zero-order valence-corrected chi connectivity index (χ0v) is 18.3. The maximum atomic E-state index is 13.1. The van der Waals surface area contributed by atoms with E-state index in [0.29, 0.717) is 23.4 Å². The number of amides is 1. The summed E-state index contributed by atoms with van der Waals surface area (Å²) >= 11 is 0. The van der Waals surface area contributed by atoms with Gasteiger partial charge in [-0.2, -0.15) is 5.10 Å². The van der Waals surface area contributed by atoms with E-state index in [1.54, 1.807) is 42.3 Å². The molecule has 4 rings (SSSR count). The molecule has 0 fully saturated rings. The normalized spacial score (nSPS) is 10.5. The molecule has 1 N–H and O–H groups in total. The average Bonchev–Trinajstić information content (AvgIpc) is 3.33. The second-order valence-electron chi connectivity index (χ2n) is 7.27. The molecular formula is C26H23N3O4. The van der Waals surface area contributed by atoms with Crippen LogP contribution in [-0.2, 0) is 11.3 Å². The summed E-state index contributed by atoms with van der Waals surface area (Å²) in [4.78, 5) is 24.7. The molecular weight excluding hydrogens is 418 g/mol. The van der Waals surface area contributed by atoms with Crippen LogP contribution in [0, 0.1) is 0 Å². The van der Waals surface area contributed by atoms with Crippen molar-refractivity contribution in [2.75, 3.05) is 14.2 Å². The van der Waals surface area contributed by atoms with Gasteiger partial charge in [-0.25, -0.2) is 9.48 Å². The predicted molar refractivity (Wildman–Crippen MR) is 125 cm³/mol. The van der Waals surface area contributed by atoms with E-state index in [1.807, 2.05) is 54.6 Å². The second kappa shape index (κ2) is 9.82. The van der Waals surface area contributed by atoms with Crippen LogP contribution >= 0.6 is 0 Å². The van der Waals surface area contributed by atoms with E-state index >= 15 is 0 Å². The molecule has 1 amide bonds. The highest BCUT2D eigenvalue weighted by molar-refractivity contribution is 6.00. The van der Waals surface area contributed by atoms with Gasteiger partial charge in [0.15, 0.2) is 0 Å². The van der Waals surface area contributed by atoms with E-state index in [9.17, 15) is 9.59 Å². The third-order valence-corrected chi connectivity index (χ3v) is 5.17. The van der Waals surface area contributed by atoms with Gasteiger partial charge in [0.05, 0.1) is 31.0 Å². The van der Waals surface area contributed by atoms with Crippen LogP contribution in [0.25, 0.3) is 16.9 Å². The van der Waals surface area contributed by atoms with Gasteiger partial charge in [0, 0.05) is 18.3 Å². The number of ether oxygens (including phenoxy) is 2. The van der Waals surface area contributed by atoms with Gasteiger partial charge in [-0.15, -0.1) is 0 Å². The lowest BCUT2D eigenvalue weighted by atomic mass is 10.1. The number of esters is 1. The Bertz CT molecular complexity index is 1250. The van der Waals surface area contributed by atoms with Gasteiger partial charge in [0.1, 0.15) is 11.4 Å². The molecule has 0 bridgehead atoms. The molecule has 3 aromatic carbocycles. The summed E-state index contributed by atoms with van der Waals surface area (Å²) in [6, 6.07) is 23.9. The van der Waals surface area contributed by atoms with Crippen molar-refractivity contribution in [1.82, 2.24) is 15.1 Å². The molecule has 0 saturated heterocycles. The van der Waals surface area contributed by atoms with E-state index in [1.165, 1.54) is 7.11 Å². The van der Waals surface area contributed by atoms with Gasteiger partial charge in [-0.05, 0) is 54.1 Å². The first-order valence-electron chi connectivity index (χ1n) is 10.3. The van der Waals surface area contributed by atoms with Gasteiger partial charge in [0.25, 0.3) is 5.91 Å². The zero-order valence-electron chi connectivity index (χ0n) is 18.3. The summed E-state index contributed by atoms with van der Waals surface area (Å²) < 4.78 is 11.7. The minimum atomic E-state index is -0.400. The minimum absolute atomic E-state index is 0.250. The first kappa shape index (κ1) is 21.8. The molecule has 7 heteroatoms. The number of carbonyl (C=O) groups is 2. The Balaban J connectivity index is 1.60. The van der Waals surface area contributed by atoms with Crippen LogP contribution < -0.4 is 10.1 Å². The fourth-order valence-corrected chi connectivity index (χ4v) is 3.37. The molecule has 0 aliphatic heterocycles. The van der Waals surface area contributed by atoms with E-state index in [2.05, 4.69) is 10.4 Å². The lowest BCUT2D eigenvalue weighted by molar-refractivity contribution is 0.0600. The van der Waals surface area contributed by atoms with Crippen molar-refractivity contribution in [3.05, 3.63) is 102 Å². The maximum absolute atomic E-state index is 13.1. The van der Waals surface area contributed by atoms with Gasteiger partial charge < -0.3 is 14.8 Å². The summed E-state index contributed by atoms with van der Waals surface area (Å²) in [5.74, 6) is 0.0748. The molecule has 0 spiro atoms. The van der Waals surface area contributed by atoms with Crippen molar-refractivity contribution in [3.8, 4) is 22.7 Å². The Labute approximate surface area is 191 Å². The Morgan fingerprint density at radius 1 is 0.909 bits per heavy atom. The zero-order chi connectivity index (χ0) is 23.2. The third-order valence-electron chi connectivity index (χ3n) is 5.17. The number of nitrogens with zero attached hydrogens (tertiary/aromatic N) is 2. The van der Waals surface area contributed by atoms with E-state index in [-0.39, 0.29) is 5.91 Å². The number of nitrogens with one attached hydrogen (secondary N) is 1. The fraction of sp³-hybridized carbons (Fsp3) is 0.115. The first-order valence-corrected chi connectivity index (χ1v) is 10.3. The summed E-state index contributed by atoms with van der Waals surface area (Å²) in [6.07, 6.45) is 1.73. The number of aromatic nitrogens is 2. The number of hydrogen-bond donors (Lipinski definition) is 1. The van der Waals surface area contributed by atoms with Crippen molar-refractivity contribution < 1.29 is 19.1 Å². The lowest BCUT2D eigenvalue weighted by Crippen LogP contribution is -2.23. The topological polar surface area (TPSA) is 82.5 Å². The van der Waals surface area contributed by atoms with Crippen molar-refractivity contribution in [3.63, 3.8) is 0 Å². The SMILES string of the molecule is COC(=O)c1ccc(CNC(=O)c2cn(-c3ccccc3)nc2-c2ccc(OC)cc2)cc1. The highest BCUT2D eigenvalue weighted by atomic mass is 16.5. The largest absolute Gasteiger partial charge is 0.497 e. The third kappa shape index (κ3) is 4.93. The molecule has 0 unspecified atom stereocenters. The molecule has 0 radical (unpaired) electrons. The highest BCUT2D eigenvalue weighted by Crippen LogP contribution is 2.26. The van der Waals surface area contributed by atoms with Crippen LogP contribution in [-0.4, -0.2) is 35.9 Å². The molecule has 4 aromatic rings. The summed E-state index contributed by atoms with van der Waals surface area (Å²) in [6.45, 7) is 0.304. The highest BCUT2D eigenvalue weighted by Gasteiger charge is 2.19. The standard InChI is InChI=1S/C26H23N3O4/c1-32-22-14-12-19(13-15-22)24-23(17-29(28-24)21-6-4-3-5-7-21)25(30)27-16-18-8-10-20(11-9-18)26(31)33-2/h3-15,17H,16H2,1-2H3,(H,27,30). The molecule has 0 aliphatic carbocycles. The monoisotopic (exact) mass is 441 g/mol. The molecule has 166 valence electrons. The number of methoxy groups -OCH3 is 2. The van der Waals surface area contributed by atoms with E-state index < -0.39 is 5.97 Å². The van der Waals surface area contributed by atoms with E-state index in [0.717, 1.165) is 22.6 Å². The summed E-state index contributed by atoms with van der Waals surface area (Å²) in [5.41, 5.74) is 3.99. The van der Waals surface area contributed by atoms with Crippen molar-refractivity contribution in [1.29, 1.82) is 0 Å². The smallest absolute Gasteiger partial charge is 0.337 e. The Kier molecular flexibility index (Phi) is 6.50. The first-order chi connectivity index (χ1) is 16.1. The Morgan fingerprint density at radius 3 is 2.24 bits per heavy atom.